The highest BCUT2D eigenvalue weighted by Crippen LogP contribution is 2.30. The Bertz CT molecular complexity index is 402. The zero-order valence-corrected chi connectivity index (χ0v) is 9.67. The Balaban J connectivity index is 2.23. The van der Waals surface area contributed by atoms with Gasteiger partial charge in [0, 0.05) is 11.0 Å². The normalized spacial score (nSPS) is 20.1. The molecule has 1 aliphatic rings. The van der Waals surface area contributed by atoms with Crippen molar-refractivity contribution in [2.24, 2.45) is 0 Å². The van der Waals surface area contributed by atoms with Crippen molar-refractivity contribution in [1.82, 2.24) is 0 Å². The average molecular weight is 219 g/mol. The molecule has 0 spiro atoms. The first-order valence-electron chi connectivity index (χ1n) is 5.41. The first kappa shape index (κ1) is 10.5. The molecule has 0 aromatic heterocycles. The van der Waals surface area contributed by atoms with Gasteiger partial charge in [0.05, 0.1) is 0 Å². The molecule has 2 rings (SSSR count). The lowest BCUT2D eigenvalue weighted by atomic mass is 9.91. The number of rotatable bonds is 2. The molecule has 0 fully saturated rings. The smallest absolute Gasteiger partial charge is 0.0190 e. The van der Waals surface area contributed by atoms with E-state index in [-0.39, 0.29) is 0 Å². The standard InChI is InChI=1S/C14H15Cl/c1-2-11-5-3-6-12(9-11)13-7-4-8-14(15)10-13/h3-9,13H,2,10H2,1H3. The molecule has 1 atom stereocenters. The fourth-order valence-corrected chi connectivity index (χ4v) is 2.15. The van der Waals surface area contributed by atoms with Crippen LogP contribution in [0.2, 0.25) is 0 Å². The Morgan fingerprint density at radius 1 is 1.40 bits per heavy atom. The van der Waals surface area contributed by atoms with Gasteiger partial charge >= 0.3 is 0 Å². The van der Waals surface area contributed by atoms with Crippen molar-refractivity contribution < 1.29 is 0 Å². The van der Waals surface area contributed by atoms with E-state index in [0.717, 1.165) is 17.9 Å². The second-order valence-electron chi connectivity index (χ2n) is 3.91. The maximum Gasteiger partial charge on any atom is 0.0190 e. The first-order chi connectivity index (χ1) is 7.29. The van der Waals surface area contributed by atoms with Crippen molar-refractivity contribution in [2.45, 2.75) is 25.7 Å². The molecule has 0 amide bonds. The quantitative estimate of drug-likeness (QED) is 0.690. The number of hydrogen-bond acceptors (Lipinski definition) is 0. The maximum atomic E-state index is 6.04. The van der Waals surface area contributed by atoms with Crippen molar-refractivity contribution in [3.8, 4) is 0 Å². The highest BCUT2D eigenvalue weighted by molar-refractivity contribution is 6.29. The molecule has 0 heterocycles. The number of allylic oxidation sites excluding steroid dienone is 4. The van der Waals surface area contributed by atoms with Gasteiger partial charge in [-0.1, -0.05) is 54.9 Å². The molecule has 0 saturated heterocycles. The lowest BCUT2D eigenvalue weighted by molar-refractivity contribution is 0.839. The van der Waals surface area contributed by atoms with Crippen LogP contribution in [0.4, 0.5) is 0 Å². The topological polar surface area (TPSA) is 0 Å². The Kier molecular flexibility index (Phi) is 3.27. The van der Waals surface area contributed by atoms with Crippen molar-refractivity contribution in [2.75, 3.05) is 0 Å². The minimum atomic E-state index is 0.453. The van der Waals surface area contributed by atoms with E-state index in [2.05, 4.69) is 43.3 Å². The minimum absolute atomic E-state index is 0.453. The second kappa shape index (κ2) is 4.67. The van der Waals surface area contributed by atoms with E-state index in [1.807, 2.05) is 6.08 Å². The van der Waals surface area contributed by atoms with Crippen LogP contribution in [0.15, 0.2) is 47.5 Å². The van der Waals surface area contributed by atoms with Gasteiger partial charge in [-0.15, -0.1) is 0 Å². The Labute approximate surface area is 96.3 Å². The van der Waals surface area contributed by atoms with E-state index in [1.165, 1.54) is 11.1 Å². The Morgan fingerprint density at radius 2 is 2.27 bits per heavy atom. The molecule has 1 aliphatic carbocycles. The predicted molar refractivity (Wildman–Crippen MR) is 66.3 cm³/mol. The molecule has 1 heteroatoms. The number of halogens is 1. The molecule has 1 aromatic rings. The van der Waals surface area contributed by atoms with Crippen LogP contribution in [0.5, 0.6) is 0 Å². The fraction of sp³-hybridized carbons (Fsp3) is 0.286. The fourth-order valence-electron chi connectivity index (χ4n) is 1.91. The lowest BCUT2D eigenvalue weighted by Crippen LogP contribution is -1.99. The summed E-state index contributed by atoms with van der Waals surface area (Å²) >= 11 is 6.04. The van der Waals surface area contributed by atoms with Crippen LogP contribution in [-0.4, -0.2) is 0 Å². The number of aryl methyl sites for hydroxylation is 1. The van der Waals surface area contributed by atoms with Gasteiger partial charge in [0.1, 0.15) is 0 Å². The van der Waals surface area contributed by atoms with E-state index in [9.17, 15) is 0 Å². The molecule has 1 aromatic carbocycles. The van der Waals surface area contributed by atoms with Crippen molar-refractivity contribution in [1.29, 1.82) is 0 Å². The van der Waals surface area contributed by atoms with E-state index in [0.29, 0.717) is 5.92 Å². The number of hydrogen-bond donors (Lipinski definition) is 0. The maximum absolute atomic E-state index is 6.04. The SMILES string of the molecule is CCc1cccc(C2C=CC=C(Cl)C2)c1. The second-order valence-corrected chi connectivity index (χ2v) is 4.39. The van der Waals surface area contributed by atoms with Gasteiger partial charge in [0.2, 0.25) is 0 Å². The van der Waals surface area contributed by atoms with Crippen LogP contribution in [0.25, 0.3) is 0 Å². The first-order valence-corrected chi connectivity index (χ1v) is 5.79. The summed E-state index contributed by atoms with van der Waals surface area (Å²) in [5, 5.41) is 0.949. The van der Waals surface area contributed by atoms with Gasteiger partial charge in [-0.3, -0.25) is 0 Å². The molecule has 1 unspecified atom stereocenters. The van der Waals surface area contributed by atoms with Gasteiger partial charge in [-0.2, -0.15) is 0 Å². The molecule has 15 heavy (non-hydrogen) atoms. The Hall–Kier alpha value is -1.01. The van der Waals surface area contributed by atoms with Gasteiger partial charge in [0.15, 0.2) is 0 Å². The summed E-state index contributed by atoms with van der Waals surface area (Å²) in [4.78, 5) is 0. The van der Waals surface area contributed by atoms with Crippen molar-refractivity contribution >= 4 is 11.6 Å². The summed E-state index contributed by atoms with van der Waals surface area (Å²) in [6.07, 6.45) is 8.27. The van der Waals surface area contributed by atoms with Gasteiger partial charge in [0.25, 0.3) is 0 Å². The largest absolute Gasteiger partial charge is 0.0891 e. The van der Waals surface area contributed by atoms with Crippen LogP contribution < -0.4 is 0 Å². The third kappa shape index (κ3) is 2.51. The van der Waals surface area contributed by atoms with Gasteiger partial charge in [-0.25, -0.2) is 0 Å². The molecule has 0 N–H and O–H groups in total. The third-order valence-electron chi connectivity index (χ3n) is 2.82. The number of benzene rings is 1. The summed E-state index contributed by atoms with van der Waals surface area (Å²) in [7, 11) is 0. The van der Waals surface area contributed by atoms with Crippen LogP contribution >= 0.6 is 11.6 Å². The predicted octanol–water partition coefficient (Wildman–Crippen LogP) is 4.42. The monoisotopic (exact) mass is 218 g/mol. The van der Waals surface area contributed by atoms with Crippen LogP contribution in [0.3, 0.4) is 0 Å². The Morgan fingerprint density at radius 3 is 3.00 bits per heavy atom. The zero-order valence-electron chi connectivity index (χ0n) is 8.91. The van der Waals surface area contributed by atoms with Crippen LogP contribution in [0, 0.1) is 0 Å². The molecule has 0 radical (unpaired) electrons. The summed E-state index contributed by atoms with van der Waals surface area (Å²) in [6.45, 7) is 2.18. The molecular formula is C14H15Cl. The van der Waals surface area contributed by atoms with Crippen LogP contribution in [-0.2, 0) is 6.42 Å². The van der Waals surface area contributed by atoms with E-state index in [4.69, 9.17) is 11.6 Å². The highest BCUT2D eigenvalue weighted by Gasteiger charge is 2.12. The van der Waals surface area contributed by atoms with Gasteiger partial charge in [-0.05, 0) is 30.0 Å². The molecule has 0 aliphatic heterocycles. The van der Waals surface area contributed by atoms with E-state index in [1.54, 1.807) is 0 Å². The summed E-state index contributed by atoms with van der Waals surface area (Å²) in [5.74, 6) is 0.453. The molecule has 0 saturated carbocycles. The zero-order chi connectivity index (χ0) is 10.7. The average Bonchev–Trinajstić information content (AvgIpc) is 2.29. The van der Waals surface area contributed by atoms with Crippen LogP contribution in [0.1, 0.15) is 30.4 Å². The molecule has 0 bridgehead atoms. The van der Waals surface area contributed by atoms with Crippen molar-refractivity contribution in [3.63, 3.8) is 0 Å². The summed E-state index contributed by atoms with van der Waals surface area (Å²) in [5.41, 5.74) is 2.77. The minimum Gasteiger partial charge on any atom is -0.0891 e. The summed E-state index contributed by atoms with van der Waals surface area (Å²) in [6, 6.07) is 8.77. The molecule has 78 valence electrons. The molecular weight excluding hydrogens is 204 g/mol. The summed E-state index contributed by atoms with van der Waals surface area (Å²) < 4.78 is 0. The molecule has 0 nitrogen and oxygen atoms in total. The lowest BCUT2D eigenvalue weighted by Gasteiger charge is -2.16. The van der Waals surface area contributed by atoms with E-state index >= 15 is 0 Å². The van der Waals surface area contributed by atoms with Crippen molar-refractivity contribution in [3.05, 3.63) is 58.7 Å². The van der Waals surface area contributed by atoms with E-state index < -0.39 is 0 Å². The highest BCUT2D eigenvalue weighted by atomic mass is 35.5. The third-order valence-corrected chi connectivity index (χ3v) is 3.10. The van der Waals surface area contributed by atoms with Gasteiger partial charge < -0.3 is 0 Å².